The highest BCUT2D eigenvalue weighted by Crippen LogP contribution is 2.12. The molecule has 0 aromatic carbocycles. The van der Waals surface area contributed by atoms with Gasteiger partial charge in [-0.25, -0.2) is 0 Å². The van der Waals surface area contributed by atoms with E-state index in [1.165, 1.54) is 89.9 Å². The molecule has 0 heterocycles. The van der Waals surface area contributed by atoms with Crippen LogP contribution in [0.5, 0.6) is 0 Å². The van der Waals surface area contributed by atoms with Gasteiger partial charge in [0.25, 0.3) is 0 Å². The Bertz CT molecular complexity index is 206. The second kappa shape index (κ2) is 23.7. The first-order valence-electron chi connectivity index (χ1n) is 10.1. The van der Waals surface area contributed by atoms with E-state index in [0.29, 0.717) is 6.42 Å². The summed E-state index contributed by atoms with van der Waals surface area (Å²) in [6.07, 6.45) is 20.9. The lowest BCUT2D eigenvalue weighted by molar-refractivity contribution is -0.137. The molecule has 0 rings (SSSR count). The average molecular weight is 330 g/mol. The first-order chi connectivity index (χ1) is 11.2. The van der Waals surface area contributed by atoms with E-state index in [9.17, 15) is 4.79 Å². The number of hydrogen-bond donors (Lipinski definition) is 2. The lowest BCUT2D eigenvalue weighted by atomic mass is 10.0. The maximum absolute atomic E-state index is 9.60. The number of unbranched alkanes of at least 4 members (excludes halogenated alkanes) is 13. The van der Waals surface area contributed by atoms with Crippen LogP contribution in [-0.4, -0.2) is 17.6 Å². The summed E-state index contributed by atoms with van der Waals surface area (Å²) in [5, 5.41) is 7.91. The van der Waals surface area contributed by atoms with Crippen LogP contribution < -0.4 is 5.73 Å². The van der Waals surface area contributed by atoms with Gasteiger partial charge >= 0.3 is 5.97 Å². The van der Waals surface area contributed by atoms with Crippen molar-refractivity contribution >= 4 is 5.97 Å². The Morgan fingerprint density at radius 1 is 0.652 bits per heavy atom. The Hall–Kier alpha value is -0.570. The standard InChI is InChI=1S/C16H35N.C4H8O2/c1-2-3-4-5-6-7-8-9-10-11-12-13-14-15-16-17;1-2-3-4(5)6/h2-17H2,1H3;2-3H2,1H3,(H,5,6). The number of carboxylic acids is 1. The Balaban J connectivity index is 0. The van der Waals surface area contributed by atoms with Crippen molar-refractivity contribution in [2.75, 3.05) is 6.54 Å². The van der Waals surface area contributed by atoms with Gasteiger partial charge in [0.05, 0.1) is 0 Å². The van der Waals surface area contributed by atoms with Crippen LogP contribution in [0, 0.1) is 0 Å². The zero-order valence-electron chi connectivity index (χ0n) is 16.0. The minimum absolute atomic E-state index is 0.292. The van der Waals surface area contributed by atoms with E-state index in [0.717, 1.165) is 13.0 Å². The predicted octanol–water partition coefficient (Wildman–Crippen LogP) is 6.30. The van der Waals surface area contributed by atoms with Gasteiger partial charge in [-0.2, -0.15) is 0 Å². The number of carbonyl (C=O) groups is 1. The quantitative estimate of drug-likeness (QED) is 0.327. The van der Waals surface area contributed by atoms with Crippen molar-refractivity contribution in [1.82, 2.24) is 0 Å². The van der Waals surface area contributed by atoms with Crippen LogP contribution in [0.25, 0.3) is 0 Å². The molecule has 0 aliphatic carbocycles. The first-order valence-corrected chi connectivity index (χ1v) is 10.1. The number of nitrogens with two attached hydrogens (primary N) is 1. The normalized spacial score (nSPS) is 10.2. The molecule has 0 amide bonds. The van der Waals surface area contributed by atoms with Crippen molar-refractivity contribution in [3.8, 4) is 0 Å². The highest BCUT2D eigenvalue weighted by Gasteiger charge is 1.93. The Morgan fingerprint density at radius 3 is 1.22 bits per heavy atom. The monoisotopic (exact) mass is 329 g/mol. The molecular formula is C20H43NO2. The van der Waals surface area contributed by atoms with Crippen LogP contribution >= 0.6 is 0 Å². The molecule has 0 bridgehead atoms. The fourth-order valence-corrected chi connectivity index (χ4v) is 2.55. The van der Waals surface area contributed by atoms with Gasteiger partial charge < -0.3 is 10.8 Å². The summed E-state index contributed by atoms with van der Waals surface area (Å²) in [5.74, 6) is -0.711. The van der Waals surface area contributed by atoms with Gasteiger partial charge in [0.1, 0.15) is 0 Å². The van der Waals surface area contributed by atoms with E-state index < -0.39 is 5.97 Å². The van der Waals surface area contributed by atoms with Gasteiger partial charge in [0.15, 0.2) is 0 Å². The van der Waals surface area contributed by atoms with Crippen LogP contribution in [0.2, 0.25) is 0 Å². The highest BCUT2D eigenvalue weighted by molar-refractivity contribution is 5.66. The highest BCUT2D eigenvalue weighted by atomic mass is 16.4. The predicted molar refractivity (Wildman–Crippen MR) is 102 cm³/mol. The van der Waals surface area contributed by atoms with Crippen LogP contribution in [-0.2, 0) is 4.79 Å². The Labute approximate surface area is 145 Å². The van der Waals surface area contributed by atoms with Gasteiger partial charge in [-0.3, -0.25) is 4.79 Å². The molecule has 0 saturated carbocycles. The second-order valence-electron chi connectivity index (χ2n) is 6.53. The molecule has 0 aromatic rings. The molecule has 0 fully saturated rings. The molecule has 0 aromatic heterocycles. The lowest BCUT2D eigenvalue weighted by Gasteiger charge is -2.02. The molecule has 3 nitrogen and oxygen atoms in total. The van der Waals surface area contributed by atoms with E-state index in [-0.39, 0.29) is 0 Å². The van der Waals surface area contributed by atoms with Crippen LogP contribution in [0.3, 0.4) is 0 Å². The van der Waals surface area contributed by atoms with E-state index in [1.54, 1.807) is 0 Å². The van der Waals surface area contributed by atoms with Gasteiger partial charge in [-0.05, 0) is 19.4 Å². The molecular weight excluding hydrogens is 286 g/mol. The third-order valence-electron chi connectivity index (χ3n) is 4.02. The summed E-state index contributed by atoms with van der Waals surface area (Å²) in [6.45, 7) is 5.00. The number of aliphatic carboxylic acids is 1. The van der Waals surface area contributed by atoms with Crippen molar-refractivity contribution in [3.05, 3.63) is 0 Å². The number of hydrogen-bond acceptors (Lipinski definition) is 2. The van der Waals surface area contributed by atoms with Crippen LogP contribution in [0.1, 0.15) is 117 Å². The molecule has 3 heteroatoms. The van der Waals surface area contributed by atoms with Gasteiger partial charge in [0.2, 0.25) is 0 Å². The zero-order valence-corrected chi connectivity index (χ0v) is 16.0. The van der Waals surface area contributed by atoms with Gasteiger partial charge in [-0.1, -0.05) is 97.3 Å². The van der Waals surface area contributed by atoms with Crippen LogP contribution in [0.4, 0.5) is 0 Å². The van der Waals surface area contributed by atoms with Crippen molar-refractivity contribution < 1.29 is 9.90 Å². The molecule has 23 heavy (non-hydrogen) atoms. The first kappa shape index (κ1) is 24.7. The minimum Gasteiger partial charge on any atom is -0.481 e. The largest absolute Gasteiger partial charge is 0.481 e. The third-order valence-corrected chi connectivity index (χ3v) is 4.02. The Morgan fingerprint density at radius 2 is 1.00 bits per heavy atom. The second-order valence-corrected chi connectivity index (χ2v) is 6.53. The van der Waals surface area contributed by atoms with Crippen LogP contribution in [0.15, 0.2) is 0 Å². The number of rotatable bonds is 16. The van der Waals surface area contributed by atoms with Gasteiger partial charge in [0, 0.05) is 6.42 Å². The summed E-state index contributed by atoms with van der Waals surface area (Å²) in [4.78, 5) is 9.60. The number of carboxylic acid groups (broad SMARTS) is 1. The fraction of sp³-hybridized carbons (Fsp3) is 0.950. The van der Waals surface area contributed by atoms with E-state index in [2.05, 4.69) is 6.92 Å². The van der Waals surface area contributed by atoms with Crippen molar-refractivity contribution in [3.63, 3.8) is 0 Å². The molecule has 0 radical (unpaired) electrons. The SMILES string of the molecule is CCCC(=O)O.CCCCCCCCCCCCCCCCN. The smallest absolute Gasteiger partial charge is 0.303 e. The van der Waals surface area contributed by atoms with E-state index in [4.69, 9.17) is 10.8 Å². The van der Waals surface area contributed by atoms with E-state index >= 15 is 0 Å². The molecule has 0 unspecified atom stereocenters. The molecule has 3 N–H and O–H groups in total. The van der Waals surface area contributed by atoms with Crippen molar-refractivity contribution in [2.24, 2.45) is 5.73 Å². The summed E-state index contributed by atoms with van der Waals surface area (Å²) in [7, 11) is 0. The van der Waals surface area contributed by atoms with E-state index in [1.807, 2.05) is 6.92 Å². The summed E-state index contributed by atoms with van der Waals surface area (Å²) in [5.41, 5.74) is 5.47. The third kappa shape index (κ3) is 30.0. The minimum atomic E-state index is -0.711. The van der Waals surface area contributed by atoms with Crippen molar-refractivity contribution in [1.29, 1.82) is 0 Å². The molecule has 0 aliphatic rings. The molecule has 0 saturated heterocycles. The fourth-order valence-electron chi connectivity index (χ4n) is 2.55. The maximum Gasteiger partial charge on any atom is 0.303 e. The molecule has 0 aliphatic heterocycles. The summed E-state index contributed by atoms with van der Waals surface area (Å²) >= 11 is 0. The lowest BCUT2D eigenvalue weighted by Crippen LogP contribution is -1.97. The zero-order chi connectivity index (χ0) is 17.6. The average Bonchev–Trinajstić information content (AvgIpc) is 2.52. The maximum atomic E-state index is 9.60. The van der Waals surface area contributed by atoms with Crippen molar-refractivity contribution in [2.45, 2.75) is 117 Å². The summed E-state index contributed by atoms with van der Waals surface area (Å²) < 4.78 is 0. The topological polar surface area (TPSA) is 63.3 Å². The van der Waals surface area contributed by atoms with Gasteiger partial charge in [-0.15, -0.1) is 0 Å². The summed E-state index contributed by atoms with van der Waals surface area (Å²) in [6, 6.07) is 0. The molecule has 0 spiro atoms. The molecule has 0 atom stereocenters. The Kier molecular flexibility index (Phi) is 25.4. The molecule has 140 valence electrons.